The summed E-state index contributed by atoms with van der Waals surface area (Å²) in [5.74, 6) is -0.910. The minimum absolute atomic E-state index is 0.00360. The summed E-state index contributed by atoms with van der Waals surface area (Å²) in [5.41, 5.74) is 0.105. The number of aliphatic hydroxyl groups is 2. The first-order valence-corrected chi connectivity index (χ1v) is 6.58. The largest absolute Gasteiger partial charge is 0.389 e. The number of halogens is 2. The van der Waals surface area contributed by atoms with Gasteiger partial charge in [-0.15, -0.1) is 0 Å². The quantitative estimate of drug-likeness (QED) is 0.756. The number of carbonyl (C=O) groups is 1. The molecule has 1 aliphatic rings. The van der Waals surface area contributed by atoms with Crippen LogP contribution in [0.25, 0.3) is 0 Å². The summed E-state index contributed by atoms with van der Waals surface area (Å²) in [6.07, 6.45) is -1.67. The number of nitrogens with zero attached hydrogens (tertiary/aromatic N) is 1. The normalized spacial score (nSPS) is 23.6. The number of benzene rings is 1. The van der Waals surface area contributed by atoms with Crippen LogP contribution < -0.4 is 5.32 Å². The molecular formula is C12H14BrFN2O3. The number of aliphatic hydroxyl groups excluding tert-OH is 2. The van der Waals surface area contributed by atoms with E-state index in [2.05, 4.69) is 21.2 Å². The van der Waals surface area contributed by atoms with Gasteiger partial charge in [0.25, 0.3) is 0 Å². The molecule has 0 spiro atoms. The van der Waals surface area contributed by atoms with Crippen LogP contribution in [0.15, 0.2) is 22.7 Å². The van der Waals surface area contributed by atoms with Crippen LogP contribution in [0, 0.1) is 5.82 Å². The Balaban J connectivity index is 1.91. The van der Waals surface area contributed by atoms with Gasteiger partial charge in [-0.25, -0.2) is 4.39 Å². The minimum Gasteiger partial charge on any atom is -0.389 e. The summed E-state index contributed by atoms with van der Waals surface area (Å²) in [4.78, 5) is 13.3. The highest BCUT2D eigenvalue weighted by atomic mass is 79.9. The Labute approximate surface area is 118 Å². The highest BCUT2D eigenvalue weighted by molar-refractivity contribution is 9.10. The number of likely N-dealkylation sites (tertiary alicyclic amines) is 1. The van der Waals surface area contributed by atoms with E-state index in [1.54, 1.807) is 11.0 Å². The van der Waals surface area contributed by atoms with Gasteiger partial charge in [0.05, 0.1) is 24.4 Å². The molecule has 0 saturated carbocycles. The van der Waals surface area contributed by atoms with Gasteiger partial charge in [0.1, 0.15) is 5.82 Å². The van der Waals surface area contributed by atoms with Crippen LogP contribution in [0.5, 0.6) is 0 Å². The van der Waals surface area contributed by atoms with E-state index in [1.807, 2.05) is 0 Å². The van der Waals surface area contributed by atoms with Crippen molar-refractivity contribution in [3.05, 3.63) is 28.5 Å². The molecule has 2 rings (SSSR count). The maximum Gasteiger partial charge on any atom is 0.238 e. The monoisotopic (exact) mass is 332 g/mol. The number of β-amino-alcohol motifs (C(OH)–C–C–N with tert-alkyl or cyclic N) is 2. The Kier molecular flexibility index (Phi) is 4.51. The summed E-state index contributed by atoms with van der Waals surface area (Å²) in [7, 11) is 0. The lowest BCUT2D eigenvalue weighted by Crippen LogP contribution is -2.32. The lowest BCUT2D eigenvalue weighted by molar-refractivity contribution is -0.117. The lowest BCUT2D eigenvalue weighted by atomic mass is 10.3. The zero-order chi connectivity index (χ0) is 14.0. The highest BCUT2D eigenvalue weighted by Gasteiger charge is 2.30. The van der Waals surface area contributed by atoms with E-state index >= 15 is 0 Å². The van der Waals surface area contributed by atoms with Crippen molar-refractivity contribution in [3.8, 4) is 0 Å². The van der Waals surface area contributed by atoms with Crippen LogP contribution >= 0.6 is 15.9 Å². The molecule has 0 unspecified atom stereocenters. The molecule has 1 heterocycles. The van der Waals surface area contributed by atoms with Crippen LogP contribution in [0.4, 0.5) is 10.1 Å². The van der Waals surface area contributed by atoms with Crippen LogP contribution in [0.2, 0.25) is 0 Å². The van der Waals surface area contributed by atoms with E-state index in [4.69, 9.17) is 0 Å². The van der Waals surface area contributed by atoms with Crippen molar-refractivity contribution in [2.45, 2.75) is 12.2 Å². The molecular weight excluding hydrogens is 319 g/mol. The van der Waals surface area contributed by atoms with Crippen molar-refractivity contribution in [1.29, 1.82) is 0 Å². The molecule has 19 heavy (non-hydrogen) atoms. The van der Waals surface area contributed by atoms with Crippen molar-refractivity contribution in [3.63, 3.8) is 0 Å². The molecule has 3 N–H and O–H groups in total. The van der Waals surface area contributed by atoms with Crippen molar-refractivity contribution >= 4 is 27.5 Å². The summed E-state index contributed by atoms with van der Waals surface area (Å²) in [6, 6.07) is 4.35. The third-order valence-electron chi connectivity index (χ3n) is 2.91. The lowest BCUT2D eigenvalue weighted by Gasteiger charge is -2.14. The van der Waals surface area contributed by atoms with E-state index in [0.717, 1.165) is 0 Å². The van der Waals surface area contributed by atoms with E-state index in [9.17, 15) is 19.4 Å². The topological polar surface area (TPSA) is 72.8 Å². The second-order valence-corrected chi connectivity index (χ2v) is 5.42. The molecule has 1 amide bonds. The van der Waals surface area contributed by atoms with E-state index in [-0.39, 0.29) is 31.2 Å². The number of nitrogens with one attached hydrogen (secondary N) is 1. The van der Waals surface area contributed by atoms with Gasteiger partial charge in [-0.3, -0.25) is 9.69 Å². The van der Waals surface area contributed by atoms with Crippen molar-refractivity contribution in [2.24, 2.45) is 0 Å². The first kappa shape index (κ1) is 14.4. The van der Waals surface area contributed by atoms with Crippen molar-refractivity contribution in [1.82, 2.24) is 4.90 Å². The Morgan fingerprint density at radius 1 is 1.42 bits per heavy atom. The third-order valence-corrected chi connectivity index (χ3v) is 3.40. The molecule has 1 aromatic carbocycles. The van der Waals surface area contributed by atoms with E-state index < -0.39 is 18.0 Å². The molecule has 5 nitrogen and oxygen atoms in total. The molecule has 1 aliphatic heterocycles. The molecule has 1 aromatic rings. The molecule has 0 radical (unpaired) electrons. The number of hydrogen-bond donors (Lipinski definition) is 3. The predicted octanol–water partition coefficient (Wildman–Crippen LogP) is 0.564. The summed E-state index contributed by atoms with van der Waals surface area (Å²) < 4.78 is 14.1. The second kappa shape index (κ2) is 5.96. The van der Waals surface area contributed by atoms with Gasteiger partial charge >= 0.3 is 0 Å². The molecule has 0 bridgehead atoms. The van der Waals surface area contributed by atoms with Gasteiger partial charge in [0.2, 0.25) is 5.91 Å². The number of rotatable bonds is 3. The number of carbonyl (C=O) groups excluding carboxylic acids is 1. The number of anilines is 1. The first-order chi connectivity index (χ1) is 8.95. The van der Waals surface area contributed by atoms with Crippen LogP contribution in [0.1, 0.15) is 0 Å². The second-order valence-electron chi connectivity index (χ2n) is 4.50. The van der Waals surface area contributed by atoms with E-state index in [0.29, 0.717) is 4.47 Å². The zero-order valence-corrected chi connectivity index (χ0v) is 11.6. The SMILES string of the molecule is O=C(CN1C[C@@H](O)[C@@H](O)C1)Nc1ccc(Br)cc1F. The molecule has 1 saturated heterocycles. The highest BCUT2D eigenvalue weighted by Crippen LogP contribution is 2.19. The fourth-order valence-corrected chi connectivity index (χ4v) is 2.29. The summed E-state index contributed by atoms with van der Waals surface area (Å²) in [5, 5.41) is 21.2. The van der Waals surface area contributed by atoms with Gasteiger partial charge in [-0.05, 0) is 18.2 Å². The molecule has 0 aliphatic carbocycles. The smallest absolute Gasteiger partial charge is 0.238 e. The molecule has 1 fully saturated rings. The van der Waals surface area contributed by atoms with Gasteiger partial charge in [-0.2, -0.15) is 0 Å². The Morgan fingerprint density at radius 2 is 2.05 bits per heavy atom. The molecule has 104 valence electrons. The standard InChI is InChI=1S/C12H14BrFN2O3/c13-7-1-2-9(8(14)3-7)15-12(19)6-16-4-10(17)11(18)5-16/h1-3,10-11,17-18H,4-6H2,(H,15,19)/t10-,11+. The van der Waals surface area contributed by atoms with Gasteiger partial charge in [-0.1, -0.05) is 15.9 Å². The fraction of sp³-hybridized carbons (Fsp3) is 0.417. The maximum atomic E-state index is 13.5. The Hall–Kier alpha value is -1.02. The Morgan fingerprint density at radius 3 is 2.63 bits per heavy atom. The zero-order valence-electron chi connectivity index (χ0n) is 10.0. The van der Waals surface area contributed by atoms with Gasteiger partial charge in [0, 0.05) is 17.6 Å². The maximum absolute atomic E-state index is 13.5. The third kappa shape index (κ3) is 3.73. The van der Waals surface area contributed by atoms with Gasteiger partial charge < -0.3 is 15.5 Å². The van der Waals surface area contributed by atoms with Crippen molar-refractivity contribution in [2.75, 3.05) is 25.0 Å². The fourth-order valence-electron chi connectivity index (χ4n) is 1.96. The van der Waals surface area contributed by atoms with E-state index in [1.165, 1.54) is 12.1 Å². The van der Waals surface area contributed by atoms with Crippen LogP contribution in [0.3, 0.4) is 0 Å². The molecule has 7 heteroatoms. The van der Waals surface area contributed by atoms with Crippen LogP contribution in [-0.2, 0) is 4.79 Å². The molecule has 0 aromatic heterocycles. The van der Waals surface area contributed by atoms with Crippen LogP contribution in [-0.4, -0.2) is 52.9 Å². The minimum atomic E-state index is -0.836. The average Bonchev–Trinajstić information content (AvgIpc) is 2.62. The summed E-state index contributed by atoms with van der Waals surface area (Å²) >= 11 is 3.13. The summed E-state index contributed by atoms with van der Waals surface area (Å²) in [6.45, 7) is 0.471. The first-order valence-electron chi connectivity index (χ1n) is 5.79. The van der Waals surface area contributed by atoms with Gasteiger partial charge in [0.15, 0.2) is 0 Å². The van der Waals surface area contributed by atoms with Crippen molar-refractivity contribution < 1.29 is 19.4 Å². The molecule has 2 atom stereocenters. The average molecular weight is 333 g/mol. The Bertz CT molecular complexity index is 476. The number of hydrogen-bond acceptors (Lipinski definition) is 4. The predicted molar refractivity (Wildman–Crippen MR) is 71.2 cm³/mol. The number of amides is 1.